The van der Waals surface area contributed by atoms with Crippen LogP contribution in [0.3, 0.4) is 0 Å². The van der Waals surface area contributed by atoms with Crippen molar-refractivity contribution in [3.63, 3.8) is 0 Å². The third kappa shape index (κ3) is 1.98. The second kappa shape index (κ2) is 4.22. The summed E-state index contributed by atoms with van der Waals surface area (Å²) in [6.45, 7) is 0. The van der Waals surface area contributed by atoms with Gasteiger partial charge in [0.25, 0.3) is 5.69 Å². The maximum Gasteiger partial charge on any atom is 0.269 e. The number of non-ortho nitro benzene ring substituents is 1. The molecule has 0 radical (unpaired) electrons. The smallest absolute Gasteiger partial charge is 0.269 e. The minimum Gasteiger partial charge on any atom is -0.480 e. The van der Waals surface area contributed by atoms with E-state index in [0.29, 0.717) is 5.56 Å². The SMILES string of the molecule is CO/C(=N\N)c1ccc([N+](=O)[O-])cc1. The monoisotopic (exact) mass is 195 g/mol. The Balaban J connectivity index is 2.99. The molecule has 1 aromatic carbocycles. The lowest BCUT2D eigenvalue weighted by molar-refractivity contribution is -0.384. The molecule has 2 N–H and O–H groups in total. The Morgan fingerprint density at radius 1 is 1.50 bits per heavy atom. The second-order valence-electron chi connectivity index (χ2n) is 2.44. The molecule has 6 nitrogen and oxygen atoms in total. The lowest BCUT2D eigenvalue weighted by Gasteiger charge is -2.01. The largest absolute Gasteiger partial charge is 0.480 e. The van der Waals surface area contributed by atoms with Crippen LogP contribution in [0.1, 0.15) is 5.56 Å². The molecule has 6 heteroatoms. The van der Waals surface area contributed by atoms with E-state index in [0.717, 1.165) is 0 Å². The highest BCUT2D eigenvalue weighted by molar-refractivity contribution is 5.93. The van der Waals surface area contributed by atoms with Gasteiger partial charge in [0.15, 0.2) is 0 Å². The number of nitrogens with two attached hydrogens (primary N) is 1. The number of methoxy groups -OCH3 is 1. The molecule has 74 valence electrons. The van der Waals surface area contributed by atoms with E-state index in [1.54, 1.807) is 0 Å². The Morgan fingerprint density at radius 3 is 2.43 bits per heavy atom. The van der Waals surface area contributed by atoms with Crippen LogP contribution < -0.4 is 5.84 Å². The van der Waals surface area contributed by atoms with E-state index in [1.807, 2.05) is 0 Å². The van der Waals surface area contributed by atoms with Crippen LogP contribution in [0, 0.1) is 10.1 Å². The topological polar surface area (TPSA) is 90.8 Å². The minimum absolute atomic E-state index is 0.0150. The molecular formula is C8H9N3O3. The van der Waals surface area contributed by atoms with Crippen molar-refractivity contribution in [3.05, 3.63) is 39.9 Å². The quantitative estimate of drug-likeness (QED) is 0.249. The summed E-state index contributed by atoms with van der Waals surface area (Å²) in [6.07, 6.45) is 0. The van der Waals surface area contributed by atoms with Gasteiger partial charge in [-0.3, -0.25) is 10.1 Å². The van der Waals surface area contributed by atoms with Gasteiger partial charge >= 0.3 is 0 Å². The average Bonchev–Trinajstić information content (AvgIpc) is 2.20. The van der Waals surface area contributed by atoms with Gasteiger partial charge in [0.1, 0.15) is 0 Å². The summed E-state index contributed by atoms with van der Waals surface area (Å²) in [4.78, 5) is 9.86. The van der Waals surface area contributed by atoms with Crippen molar-refractivity contribution < 1.29 is 9.66 Å². The molecule has 0 aliphatic heterocycles. The van der Waals surface area contributed by atoms with Crippen molar-refractivity contribution in [1.29, 1.82) is 0 Å². The Morgan fingerprint density at radius 2 is 2.07 bits per heavy atom. The maximum absolute atomic E-state index is 10.3. The molecule has 0 aliphatic carbocycles. The first-order chi connectivity index (χ1) is 6.69. The molecule has 0 saturated heterocycles. The highest BCUT2D eigenvalue weighted by Crippen LogP contribution is 2.12. The van der Waals surface area contributed by atoms with E-state index in [-0.39, 0.29) is 11.6 Å². The number of hydrogen-bond donors (Lipinski definition) is 1. The Hall–Kier alpha value is -2.11. The number of hydrazone groups is 1. The fourth-order valence-corrected chi connectivity index (χ4v) is 0.971. The zero-order valence-electron chi connectivity index (χ0n) is 7.51. The molecular weight excluding hydrogens is 186 g/mol. The molecule has 0 atom stereocenters. The first-order valence-electron chi connectivity index (χ1n) is 3.75. The van der Waals surface area contributed by atoms with Gasteiger partial charge in [-0.05, 0) is 12.1 Å². The number of rotatable bonds is 2. The van der Waals surface area contributed by atoms with Gasteiger partial charge in [-0.15, -0.1) is 5.10 Å². The highest BCUT2D eigenvalue weighted by atomic mass is 16.6. The van der Waals surface area contributed by atoms with Crippen LogP contribution in [0.15, 0.2) is 29.4 Å². The summed E-state index contributed by atoms with van der Waals surface area (Å²) < 4.78 is 4.84. The molecule has 14 heavy (non-hydrogen) atoms. The van der Waals surface area contributed by atoms with Gasteiger partial charge in [0, 0.05) is 17.7 Å². The van der Waals surface area contributed by atoms with E-state index >= 15 is 0 Å². The summed E-state index contributed by atoms with van der Waals surface area (Å²) >= 11 is 0. The lowest BCUT2D eigenvalue weighted by Crippen LogP contribution is -2.06. The molecule has 0 aliphatic rings. The van der Waals surface area contributed by atoms with Gasteiger partial charge in [0.2, 0.25) is 5.90 Å². The van der Waals surface area contributed by atoms with Crippen LogP contribution in [-0.2, 0) is 4.74 Å². The number of ether oxygens (including phenoxy) is 1. The summed E-state index contributed by atoms with van der Waals surface area (Å²) in [5, 5.41) is 13.7. The molecule has 0 spiro atoms. The fourth-order valence-electron chi connectivity index (χ4n) is 0.971. The number of hydrogen-bond acceptors (Lipinski definition) is 5. The lowest BCUT2D eigenvalue weighted by atomic mass is 10.2. The molecule has 1 rings (SSSR count). The van der Waals surface area contributed by atoms with Crippen LogP contribution in [0.2, 0.25) is 0 Å². The Kier molecular flexibility index (Phi) is 3.01. The third-order valence-electron chi connectivity index (χ3n) is 1.64. The number of nitro benzene ring substituents is 1. The van der Waals surface area contributed by atoms with E-state index < -0.39 is 4.92 Å². The van der Waals surface area contributed by atoms with E-state index in [2.05, 4.69) is 5.10 Å². The van der Waals surface area contributed by atoms with Crippen LogP contribution in [-0.4, -0.2) is 17.9 Å². The van der Waals surface area contributed by atoms with Gasteiger partial charge in [0.05, 0.1) is 12.0 Å². The molecule has 0 aromatic heterocycles. The van der Waals surface area contributed by atoms with E-state index in [9.17, 15) is 10.1 Å². The van der Waals surface area contributed by atoms with Crippen molar-refractivity contribution in [3.8, 4) is 0 Å². The molecule has 0 fully saturated rings. The van der Waals surface area contributed by atoms with Gasteiger partial charge in [-0.2, -0.15) is 0 Å². The first-order valence-corrected chi connectivity index (χ1v) is 3.75. The van der Waals surface area contributed by atoms with Gasteiger partial charge in [-0.25, -0.2) is 0 Å². The van der Waals surface area contributed by atoms with E-state index in [4.69, 9.17) is 10.6 Å². The van der Waals surface area contributed by atoms with E-state index in [1.165, 1.54) is 31.4 Å². The predicted octanol–water partition coefficient (Wildman–Crippen LogP) is 0.861. The van der Waals surface area contributed by atoms with Crippen molar-refractivity contribution in [2.45, 2.75) is 0 Å². The van der Waals surface area contributed by atoms with Crippen LogP contribution in [0.5, 0.6) is 0 Å². The second-order valence-corrected chi connectivity index (χ2v) is 2.44. The summed E-state index contributed by atoms with van der Waals surface area (Å²) in [6, 6.07) is 5.76. The molecule has 0 saturated carbocycles. The Bertz CT molecular complexity index is 359. The van der Waals surface area contributed by atoms with Crippen molar-refractivity contribution in [2.24, 2.45) is 10.9 Å². The third-order valence-corrected chi connectivity index (χ3v) is 1.64. The van der Waals surface area contributed by atoms with Crippen LogP contribution >= 0.6 is 0 Å². The molecule has 0 unspecified atom stereocenters. The minimum atomic E-state index is -0.476. The normalized spacial score (nSPS) is 11.1. The number of nitrogens with zero attached hydrogens (tertiary/aromatic N) is 2. The fraction of sp³-hybridized carbons (Fsp3) is 0.125. The Labute approximate surface area is 80.1 Å². The molecule has 0 amide bonds. The van der Waals surface area contributed by atoms with Gasteiger partial charge < -0.3 is 10.6 Å². The molecule has 0 heterocycles. The summed E-state index contributed by atoms with van der Waals surface area (Å²) in [5.41, 5.74) is 0.613. The zero-order chi connectivity index (χ0) is 10.6. The first kappa shape index (κ1) is 9.97. The summed E-state index contributed by atoms with van der Waals surface area (Å²) in [5.74, 6) is 5.28. The number of nitro groups is 1. The van der Waals surface area contributed by atoms with Crippen molar-refractivity contribution in [1.82, 2.24) is 0 Å². The van der Waals surface area contributed by atoms with Crippen LogP contribution in [0.4, 0.5) is 5.69 Å². The van der Waals surface area contributed by atoms with Crippen molar-refractivity contribution >= 4 is 11.6 Å². The standard InChI is InChI=1S/C8H9N3O3/c1-14-8(10-9)6-2-4-7(5-3-6)11(12)13/h2-5H,9H2,1H3/b10-8-. The van der Waals surface area contributed by atoms with Gasteiger partial charge in [-0.1, -0.05) is 0 Å². The molecule has 0 bridgehead atoms. The highest BCUT2D eigenvalue weighted by Gasteiger charge is 2.07. The number of benzene rings is 1. The van der Waals surface area contributed by atoms with Crippen LogP contribution in [0.25, 0.3) is 0 Å². The average molecular weight is 195 g/mol. The molecule has 1 aromatic rings. The predicted molar refractivity (Wildman–Crippen MR) is 50.8 cm³/mol. The maximum atomic E-state index is 10.3. The van der Waals surface area contributed by atoms with Crippen molar-refractivity contribution in [2.75, 3.05) is 7.11 Å². The summed E-state index contributed by atoms with van der Waals surface area (Å²) in [7, 11) is 1.42. The zero-order valence-corrected chi connectivity index (χ0v) is 7.51.